The zero-order valence-corrected chi connectivity index (χ0v) is 18.4. The molecule has 3 aromatic rings. The van der Waals surface area contributed by atoms with Crippen molar-refractivity contribution in [2.75, 3.05) is 13.1 Å². The molecular weight excluding hydrogens is 416 g/mol. The third-order valence-electron chi connectivity index (χ3n) is 5.77. The molecule has 1 fully saturated rings. The Balaban J connectivity index is 1.34. The lowest BCUT2D eigenvalue weighted by molar-refractivity contribution is -0.121. The van der Waals surface area contributed by atoms with Crippen molar-refractivity contribution in [1.29, 1.82) is 0 Å². The van der Waals surface area contributed by atoms with E-state index < -0.39 is 0 Å². The monoisotopic (exact) mass is 440 g/mol. The third-order valence-corrected chi connectivity index (χ3v) is 6.02. The van der Waals surface area contributed by atoms with E-state index in [0.717, 1.165) is 35.5 Å². The average Bonchev–Trinajstić information content (AvgIpc) is 3.39. The van der Waals surface area contributed by atoms with Gasteiger partial charge in [-0.25, -0.2) is 4.68 Å². The first kappa shape index (κ1) is 21.2. The van der Waals surface area contributed by atoms with Crippen molar-refractivity contribution in [3.8, 4) is 5.69 Å². The number of hydrogen-bond acceptors (Lipinski definition) is 4. The maximum Gasteiger partial charge on any atom is 0.257 e. The van der Waals surface area contributed by atoms with E-state index in [4.69, 9.17) is 16.0 Å². The number of benzene rings is 1. The molecule has 1 aliphatic heterocycles. The minimum atomic E-state index is -0.0283. The van der Waals surface area contributed by atoms with Crippen LogP contribution in [0.15, 0.2) is 47.3 Å². The van der Waals surface area contributed by atoms with Gasteiger partial charge in [-0.15, -0.1) is 0 Å². The fourth-order valence-corrected chi connectivity index (χ4v) is 4.13. The maximum atomic E-state index is 12.7. The lowest BCUT2D eigenvalue weighted by Crippen LogP contribution is -2.46. The molecule has 0 bridgehead atoms. The van der Waals surface area contributed by atoms with Crippen molar-refractivity contribution in [3.05, 3.63) is 70.4 Å². The molecule has 0 unspecified atom stereocenters. The first-order valence-electron chi connectivity index (χ1n) is 10.3. The number of halogens is 1. The van der Waals surface area contributed by atoms with Crippen molar-refractivity contribution in [3.63, 3.8) is 0 Å². The highest BCUT2D eigenvalue weighted by atomic mass is 35.5. The highest BCUT2D eigenvalue weighted by Crippen LogP contribution is 2.21. The summed E-state index contributed by atoms with van der Waals surface area (Å²) in [6.45, 7) is 5.11. The largest absolute Gasteiger partial charge is 0.472 e. The molecule has 31 heavy (non-hydrogen) atoms. The molecule has 3 heterocycles. The molecule has 0 aliphatic carbocycles. The molecule has 162 valence electrons. The number of likely N-dealkylation sites (tertiary alicyclic amines) is 1. The topological polar surface area (TPSA) is 80.4 Å². The van der Waals surface area contributed by atoms with E-state index in [0.29, 0.717) is 23.7 Å². The van der Waals surface area contributed by atoms with Gasteiger partial charge < -0.3 is 14.6 Å². The molecular formula is C23H25ClN4O3. The lowest BCUT2D eigenvalue weighted by atomic mass is 10.0. The summed E-state index contributed by atoms with van der Waals surface area (Å²) in [4.78, 5) is 26.9. The average molecular weight is 441 g/mol. The van der Waals surface area contributed by atoms with Crippen LogP contribution < -0.4 is 5.32 Å². The van der Waals surface area contributed by atoms with Crippen molar-refractivity contribution >= 4 is 23.4 Å². The molecule has 1 aliphatic rings. The Hall–Kier alpha value is -3.06. The Labute approximate surface area is 186 Å². The van der Waals surface area contributed by atoms with Crippen molar-refractivity contribution < 1.29 is 14.0 Å². The number of carbonyl (C=O) groups is 2. The summed E-state index contributed by atoms with van der Waals surface area (Å²) < 4.78 is 6.84. The number of nitrogens with zero attached hydrogens (tertiary/aromatic N) is 3. The van der Waals surface area contributed by atoms with Gasteiger partial charge in [0.1, 0.15) is 6.26 Å². The van der Waals surface area contributed by atoms with E-state index in [2.05, 4.69) is 10.4 Å². The number of nitrogens with one attached hydrogen (secondary N) is 1. The molecule has 0 saturated carbocycles. The van der Waals surface area contributed by atoms with Crippen LogP contribution in [-0.2, 0) is 11.2 Å². The standard InChI is InChI=1S/C23H25ClN4O3/c1-15-21(16(2)28(26-15)20-5-3-18(24)4-6-20)13-22(29)25-19-7-10-27(11-8-19)23(30)17-9-12-31-14-17/h3-6,9,12,14,19H,7-8,10-11,13H2,1-2H3,(H,25,29). The Bertz CT molecular complexity index is 1070. The minimum Gasteiger partial charge on any atom is -0.472 e. The van der Waals surface area contributed by atoms with Crippen LogP contribution in [0, 0.1) is 13.8 Å². The van der Waals surface area contributed by atoms with E-state index in [-0.39, 0.29) is 24.3 Å². The van der Waals surface area contributed by atoms with Crippen molar-refractivity contribution in [2.45, 2.75) is 39.2 Å². The van der Waals surface area contributed by atoms with E-state index in [1.165, 1.54) is 12.5 Å². The zero-order chi connectivity index (χ0) is 22.0. The number of carbonyl (C=O) groups excluding carboxylic acids is 2. The smallest absolute Gasteiger partial charge is 0.257 e. The van der Waals surface area contributed by atoms with E-state index in [1.54, 1.807) is 11.0 Å². The third kappa shape index (κ3) is 4.66. The quantitative estimate of drug-likeness (QED) is 0.656. The van der Waals surface area contributed by atoms with Crippen molar-refractivity contribution in [2.24, 2.45) is 0 Å². The highest BCUT2D eigenvalue weighted by Gasteiger charge is 2.25. The molecule has 2 aromatic heterocycles. The van der Waals surface area contributed by atoms with Gasteiger partial charge in [0.25, 0.3) is 5.91 Å². The Morgan fingerprint density at radius 3 is 2.52 bits per heavy atom. The van der Waals surface area contributed by atoms with Crippen molar-refractivity contribution in [1.82, 2.24) is 20.0 Å². The fourth-order valence-electron chi connectivity index (χ4n) is 4.00. The molecule has 1 aromatic carbocycles. The SMILES string of the molecule is Cc1nn(-c2ccc(Cl)cc2)c(C)c1CC(=O)NC1CCN(C(=O)c2ccoc2)CC1. The molecule has 0 spiro atoms. The second-order valence-corrected chi connectivity index (χ2v) is 8.30. The van der Waals surface area contributed by atoms with Crippen LogP contribution in [0.5, 0.6) is 0 Å². The lowest BCUT2D eigenvalue weighted by Gasteiger charge is -2.32. The summed E-state index contributed by atoms with van der Waals surface area (Å²) in [5.41, 5.74) is 4.18. The van der Waals surface area contributed by atoms with Crippen LogP contribution in [-0.4, -0.2) is 45.6 Å². The predicted molar refractivity (Wildman–Crippen MR) is 118 cm³/mol. The van der Waals surface area contributed by atoms with Gasteiger partial charge in [-0.3, -0.25) is 9.59 Å². The Kier molecular flexibility index (Phi) is 6.13. The van der Waals surface area contributed by atoms with Gasteiger partial charge in [0.05, 0.1) is 29.6 Å². The second kappa shape index (κ2) is 8.98. The van der Waals surface area contributed by atoms with Crippen LogP contribution >= 0.6 is 11.6 Å². The number of rotatable bonds is 5. The molecule has 2 amide bonds. The van der Waals surface area contributed by atoms with Crippen LogP contribution in [0.4, 0.5) is 0 Å². The van der Waals surface area contributed by atoms with E-state index in [9.17, 15) is 9.59 Å². The second-order valence-electron chi connectivity index (χ2n) is 7.86. The predicted octanol–water partition coefficient (Wildman–Crippen LogP) is 3.70. The normalized spacial score (nSPS) is 14.6. The molecule has 0 atom stereocenters. The van der Waals surface area contributed by atoms with Gasteiger partial charge in [0, 0.05) is 35.4 Å². The van der Waals surface area contributed by atoms with E-state index in [1.807, 2.05) is 42.8 Å². The zero-order valence-electron chi connectivity index (χ0n) is 17.6. The van der Waals surface area contributed by atoms with Gasteiger partial charge in [-0.05, 0) is 57.0 Å². The van der Waals surface area contributed by atoms with Crippen LogP contribution in [0.1, 0.15) is 40.2 Å². The number of aromatic nitrogens is 2. The first-order valence-corrected chi connectivity index (χ1v) is 10.7. The highest BCUT2D eigenvalue weighted by molar-refractivity contribution is 6.30. The Morgan fingerprint density at radius 2 is 1.87 bits per heavy atom. The summed E-state index contributed by atoms with van der Waals surface area (Å²) >= 11 is 5.98. The Morgan fingerprint density at radius 1 is 1.16 bits per heavy atom. The summed E-state index contributed by atoms with van der Waals surface area (Å²) in [5, 5.41) is 8.40. The summed E-state index contributed by atoms with van der Waals surface area (Å²) in [7, 11) is 0. The van der Waals surface area contributed by atoms with E-state index >= 15 is 0 Å². The fraction of sp³-hybridized carbons (Fsp3) is 0.348. The number of hydrogen-bond donors (Lipinski definition) is 1. The molecule has 8 heteroatoms. The molecule has 1 N–H and O–H groups in total. The van der Waals surface area contributed by atoms with Gasteiger partial charge in [0.2, 0.25) is 5.91 Å². The summed E-state index contributed by atoms with van der Waals surface area (Å²) in [6.07, 6.45) is 4.71. The molecule has 7 nitrogen and oxygen atoms in total. The number of furan rings is 1. The van der Waals surface area contributed by atoms with Gasteiger partial charge in [0.15, 0.2) is 0 Å². The van der Waals surface area contributed by atoms with Gasteiger partial charge >= 0.3 is 0 Å². The molecule has 0 radical (unpaired) electrons. The first-order chi connectivity index (χ1) is 14.9. The van der Waals surface area contributed by atoms with Crippen LogP contribution in [0.3, 0.4) is 0 Å². The number of amides is 2. The molecule has 1 saturated heterocycles. The molecule has 4 rings (SSSR count). The summed E-state index contributed by atoms with van der Waals surface area (Å²) in [6, 6.07) is 9.19. The summed E-state index contributed by atoms with van der Waals surface area (Å²) in [5.74, 6) is -0.0548. The van der Waals surface area contributed by atoms with Crippen LogP contribution in [0.2, 0.25) is 5.02 Å². The minimum absolute atomic E-state index is 0.0264. The number of piperidine rings is 1. The van der Waals surface area contributed by atoms with Gasteiger partial charge in [-0.1, -0.05) is 11.6 Å². The maximum absolute atomic E-state index is 12.7. The van der Waals surface area contributed by atoms with Gasteiger partial charge in [-0.2, -0.15) is 5.10 Å². The van der Waals surface area contributed by atoms with Crippen LogP contribution in [0.25, 0.3) is 5.69 Å². The number of aryl methyl sites for hydroxylation is 1.